The van der Waals surface area contributed by atoms with Crippen LogP contribution in [0.2, 0.25) is 0 Å². The van der Waals surface area contributed by atoms with Gasteiger partial charge in [-0.05, 0) is 6.92 Å². The molecule has 1 heterocycles. The van der Waals surface area contributed by atoms with E-state index in [4.69, 9.17) is 9.05 Å². The number of phosphoric ester groups is 1. The molecule has 15 heavy (non-hydrogen) atoms. The first-order valence-electron chi connectivity index (χ1n) is 4.30. The summed E-state index contributed by atoms with van der Waals surface area (Å²) in [4.78, 5) is 11.3. The molecule has 1 aliphatic rings. The Morgan fingerprint density at radius 1 is 1.47 bits per heavy atom. The summed E-state index contributed by atoms with van der Waals surface area (Å²) in [7, 11) is -1.06. The normalized spacial score (nSPS) is 26.9. The molecule has 0 bridgehead atoms. The molecule has 0 aliphatic carbocycles. The second kappa shape index (κ2) is 4.79. The van der Waals surface area contributed by atoms with E-state index in [9.17, 15) is 9.36 Å². The lowest BCUT2D eigenvalue weighted by molar-refractivity contribution is -0.136. The van der Waals surface area contributed by atoms with E-state index in [1.807, 2.05) is 0 Å². The number of phosphoric acid groups is 1. The molecule has 0 amide bonds. The number of carbonyl (C=O) groups is 1. The molecule has 0 aromatic carbocycles. The fraction of sp³-hybridized carbons (Fsp3) is 0.625. The smallest absolute Gasteiger partial charge is 0.466 e. The molecule has 1 aliphatic heterocycles. The van der Waals surface area contributed by atoms with Gasteiger partial charge in [0.2, 0.25) is 0 Å². The second-order valence-corrected chi connectivity index (χ2v) is 4.53. The molecule has 1 rings (SSSR count). The molecule has 0 spiro atoms. The zero-order valence-corrected chi connectivity index (χ0v) is 9.71. The predicted molar refractivity (Wildman–Crippen MR) is 51.0 cm³/mol. The Balaban J connectivity index is 2.94. The van der Waals surface area contributed by atoms with Gasteiger partial charge in [0, 0.05) is 13.5 Å². The van der Waals surface area contributed by atoms with Crippen molar-refractivity contribution in [3.63, 3.8) is 0 Å². The number of methoxy groups -OCH3 is 1. The molecule has 0 N–H and O–H groups in total. The highest BCUT2D eigenvalue weighted by molar-refractivity contribution is 7.48. The Kier molecular flexibility index (Phi) is 3.90. The fourth-order valence-corrected chi connectivity index (χ4v) is 2.14. The third-order valence-corrected chi connectivity index (χ3v) is 3.37. The van der Waals surface area contributed by atoms with E-state index in [1.54, 1.807) is 0 Å². The Hall–Kier alpha value is -0.840. The Morgan fingerprint density at radius 2 is 2.13 bits per heavy atom. The van der Waals surface area contributed by atoms with Crippen molar-refractivity contribution in [2.24, 2.45) is 0 Å². The van der Waals surface area contributed by atoms with Crippen molar-refractivity contribution in [2.45, 2.75) is 13.3 Å². The van der Waals surface area contributed by atoms with Crippen molar-refractivity contribution < 1.29 is 27.7 Å². The number of rotatable bonds is 2. The van der Waals surface area contributed by atoms with Crippen LogP contribution in [0.5, 0.6) is 0 Å². The Morgan fingerprint density at radius 3 is 2.67 bits per heavy atom. The van der Waals surface area contributed by atoms with Gasteiger partial charge in [0.25, 0.3) is 0 Å². The van der Waals surface area contributed by atoms with Crippen LogP contribution in [-0.2, 0) is 27.7 Å². The maximum absolute atomic E-state index is 11.6. The third kappa shape index (κ3) is 2.81. The molecular formula is C8H13O6P. The van der Waals surface area contributed by atoms with Gasteiger partial charge in [-0.1, -0.05) is 0 Å². The van der Waals surface area contributed by atoms with Gasteiger partial charge in [-0.15, -0.1) is 0 Å². The summed E-state index contributed by atoms with van der Waals surface area (Å²) in [6.45, 7) is 1.61. The van der Waals surface area contributed by atoms with Gasteiger partial charge in [-0.25, -0.2) is 9.36 Å². The minimum Gasteiger partial charge on any atom is -0.466 e. The maximum atomic E-state index is 11.6. The van der Waals surface area contributed by atoms with Crippen molar-refractivity contribution in [2.75, 3.05) is 20.8 Å². The molecular weight excluding hydrogens is 223 g/mol. The van der Waals surface area contributed by atoms with Gasteiger partial charge >= 0.3 is 13.8 Å². The average Bonchev–Trinajstić information content (AvgIpc) is 2.37. The zero-order valence-electron chi connectivity index (χ0n) is 8.81. The van der Waals surface area contributed by atoms with E-state index in [2.05, 4.69) is 9.26 Å². The van der Waals surface area contributed by atoms with Gasteiger partial charge < -0.3 is 9.26 Å². The van der Waals surface area contributed by atoms with Gasteiger partial charge in [0.1, 0.15) is 5.76 Å². The van der Waals surface area contributed by atoms with E-state index < -0.39 is 13.8 Å². The van der Waals surface area contributed by atoms with Crippen LogP contribution >= 0.6 is 7.82 Å². The van der Waals surface area contributed by atoms with Gasteiger partial charge in [-0.2, -0.15) is 0 Å². The third-order valence-electron chi connectivity index (χ3n) is 1.93. The summed E-state index contributed by atoms with van der Waals surface area (Å²) in [5.74, 6) is -0.301. The van der Waals surface area contributed by atoms with Crippen molar-refractivity contribution in [1.82, 2.24) is 0 Å². The van der Waals surface area contributed by atoms with E-state index in [0.717, 1.165) is 0 Å². The molecule has 0 radical (unpaired) electrons. The molecule has 1 unspecified atom stereocenters. The van der Waals surface area contributed by atoms with E-state index >= 15 is 0 Å². The zero-order chi connectivity index (χ0) is 11.5. The maximum Gasteiger partial charge on any atom is 0.529 e. The fourth-order valence-electron chi connectivity index (χ4n) is 1.14. The Bertz CT molecular complexity index is 334. The van der Waals surface area contributed by atoms with Crippen LogP contribution < -0.4 is 0 Å². The van der Waals surface area contributed by atoms with Crippen LogP contribution in [-0.4, -0.2) is 26.8 Å². The van der Waals surface area contributed by atoms with Crippen LogP contribution in [0.4, 0.5) is 0 Å². The van der Waals surface area contributed by atoms with Crippen LogP contribution in [0.3, 0.4) is 0 Å². The van der Waals surface area contributed by atoms with Crippen molar-refractivity contribution >= 4 is 13.8 Å². The predicted octanol–water partition coefficient (Wildman–Crippen LogP) is 1.62. The van der Waals surface area contributed by atoms with E-state index in [0.29, 0.717) is 5.57 Å². The molecule has 0 saturated carbocycles. The van der Waals surface area contributed by atoms with Crippen LogP contribution in [0.25, 0.3) is 0 Å². The number of ether oxygens (including phenoxy) is 1. The first-order valence-corrected chi connectivity index (χ1v) is 5.76. The highest BCUT2D eigenvalue weighted by Gasteiger charge is 2.32. The molecule has 0 aromatic heterocycles. The van der Waals surface area contributed by atoms with E-state index in [1.165, 1.54) is 21.1 Å². The summed E-state index contributed by atoms with van der Waals surface area (Å²) in [6, 6.07) is 0. The Labute approximate surface area is 87.8 Å². The number of esters is 1. The SMILES string of the molecule is COC(=O)C1=C(C)OP(=O)(OC)OCC1. The molecule has 1 atom stereocenters. The molecule has 0 fully saturated rings. The monoisotopic (exact) mass is 236 g/mol. The van der Waals surface area contributed by atoms with Crippen molar-refractivity contribution in [1.29, 1.82) is 0 Å². The summed E-state index contributed by atoms with van der Waals surface area (Å²) in [5, 5.41) is 0. The summed E-state index contributed by atoms with van der Waals surface area (Å²) >= 11 is 0. The second-order valence-electron chi connectivity index (χ2n) is 2.83. The highest BCUT2D eigenvalue weighted by atomic mass is 31.2. The molecule has 86 valence electrons. The standard InChI is InChI=1S/C8H13O6P/c1-6-7(8(9)11-2)4-5-13-15(10,12-3)14-6/h4-5H2,1-3H3. The first kappa shape index (κ1) is 12.2. The minimum absolute atomic E-state index is 0.0902. The van der Waals surface area contributed by atoms with Gasteiger partial charge in [-0.3, -0.25) is 9.05 Å². The van der Waals surface area contributed by atoms with Crippen molar-refractivity contribution in [3.05, 3.63) is 11.3 Å². The number of hydrogen-bond acceptors (Lipinski definition) is 6. The lowest BCUT2D eigenvalue weighted by atomic mass is 10.2. The topological polar surface area (TPSA) is 71.1 Å². The lowest BCUT2D eigenvalue weighted by Gasteiger charge is -2.13. The number of carbonyl (C=O) groups excluding carboxylic acids is 1. The molecule has 7 heteroatoms. The van der Waals surface area contributed by atoms with Crippen molar-refractivity contribution in [3.8, 4) is 0 Å². The number of hydrogen-bond donors (Lipinski definition) is 0. The average molecular weight is 236 g/mol. The molecule has 0 saturated heterocycles. The van der Waals surface area contributed by atoms with Crippen LogP contribution in [0.1, 0.15) is 13.3 Å². The largest absolute Gasteiger partial charge is 0.529 e. The summed E-state index contributed by atoms with van der Waals surface area (Å²) < 4.78 is 30.7. The minimum atomic E-state index is -3.55. The summed E-state index contributed by atoms with van der Waals surface area (Å²) in [5.41, 5.74) is 0.312. The highest BCUT2D eigenvalue weighted by Crippen LogP contribution is 2.52. The molecule has 6 nitrogen and oxygen atoms in total. The first-order chi connectivity index (χ1) is 7.02. The van der Waals surface area contributed by atoms with Crippen LogP contribution in [0, 0.1) is 0 Å². The van der Waals surface area contributed by atoms with E-state index in [-0.39, 0.29) is 18.8 Å². The quantitative estimate of drug-likeness (QED) is 0.536. The molecule has 0 aromatic rings. The van der Waals surface area contributed by atoms with Gasteiger partial charge in [0.05, 0.1) is 19.3 Å². The number of allylic oxidation sites excluding steroid dienone is 1. The lowest BCUT2D eigenvalue weighted by Crippen LogP contribution is -2.07. The van der Waals surface area contributed by atoms with Gasteiger partial charge in [0.15, 0.2) is 0 Å². The summed E-state index contributed by atoms with van der Waals surface area (Å²) in [6.07, 6.45) is 0.284. The van der Waals surface area contributed by atoms with Crippen LogP contribution in [0.15, 0.2) is 11.3 Å².